The second kappa shape index (κ2) is 7.68. The van der Waals surface area contributed by atoms with Gasteiger partial charge in [-0.15, -0.1) is 0 Å². The van der Waals surface area contributed by atoms with Crippen molar-refractivity contribution in [3.8, 4) is 5.75 Å². The van der Waals surface area contributed by atoms with E-state index in [9.17, 15) is 13.2 Å². The summed E-state index contributed by atoms with van der Waals surface area (Å²) < 4.78 is 28.2. The molecule has 2 N–H and O–H groups in total. The second-order valence-electron chi connectivity index (χ2n) is 5.83. The maximum absolute atomic E-state index is 12.1. The summed E-state index contributed by atoms with van der Waals surface area (Å²) >= 11 is 0. The van der Waals surface area contributed by atoms with Gasteiger partial charge in [0.15, 0.2) is 9.84 Å². The number of hydrogen-bond acceptors (Lipinski definition) is 4. The van der Waals surface area contributed by atoms with E-state index in [2.05, 4.69) is 10.6 Å². The molecule has 0 spiro atoms. The number of sulfone groups is 1. The molecule has 6 nitrogen and oxygen atoms in total. The average Bonchev–Trinajstić information content (AvgIpc) is 2.89. The summed E-state index contributed by atoms with van der Waals surface area (Å²) in [6, 6.07) is 7.14. The number of nitrogens with one attached hydrogen (secondary N) is 2. The van der Waals surface area contributed by atoms with Crippen molar-refractivity contribution in [2.45, 2.75) is 25.8 Å². The number of para-hydroxylation sites is 1. The molecule has 2 amide bonds. The lowest BCUT2D eigenvalue weighted by molar-refractivity contribution is 0.235. The van der Waals surface area contributed by atoms with Crippen LogP contribution in [0.2, 0.25) is 0 Å². The molecule has 0 aliphatic carbocycles. The van der Waals surface area contributed by atoms with Crippen LogP contribution in [-0.2, 0) is 9.84 Å². The van der Waals surface area contributed by atoms with Gasteiger partial charge in [-0.3, -0.25) is 0 Å². The maximum Gasteiger partial charge on any atom is 0.315 e. The Bertz CT molecular complexity index is 645. The smallest absolute Gasteiger partial charge is 0.315 e. The lowest BCUT2D eigenvalue weighted by atomic mass is 10.0. The van der Waals surface area contributed by atoms with Crippen LogP contribution >= 0.6 is 0 Å². The van der Waals surface area contributed by atoms with Gasteiger partial charge in [0.05, 0.1) is 24.7 Å². The topological polar surface area (TPSA) is 84.5 Å². The van der Waals surface area contributed by atoms with Crippen molar-refractivity contribution >= 4 is 15.9 Å². The van der Waals surface area contributed by atoms with Crippen molar-refractivity contribution in [3.63, 3.8) is 0 Å². The van der Waals surface area contributed by atoms with Gasteiger partial charge in [0.25, 0.3) is 0 Å². The fourth-order valence-electron chi connectivity index (χ4n) is 2.83. The molecule has 0 saturated carbocycles. The number of hydrogen-bond donors (Lipinski definition) is 2. The Morgan fingerprint density at radius 1 is 1.39 bits per heavy atom. The Kier molecular flexibility index (Phi) is 5.87. The van der Waals surface area contributed by atoms with Gasteiger partial charge in [-0.05, 0) is 24.8 Å². The molecule has 1 aromatic rings. The molecule has 23 heavy (non-hydrogen) atoms. The van der Waals surface area contributed by atoms with E-state index in [1.165, 1.54) is 0 Å². The van der Waals surface area contributed by atoms with Crippen molar-refractivity contribution in [3.05, 3.63) is 29.8 Å². The molecule has 1 aliphatic rings. The van der Waals surface area contributed by atoms with Crippen LogP contribution in [0.3, 0.4) is 0 Å². The molecule has 2 rings (SSSR count). The Morgan fingerprint density at radius 3 is 2.74 bits per heavy atom. The SMILES string of the molecule is CC[C@@H](NC(=O)NC[C@@H]1CCS(=O)(=O)C1)c1ccccc1OC. The highest BCUT2D eigenvalue weighted by Gasteiger charge is 2.28. The van der Waals surface area contributed by atoms with Crippen LogP contribution in [0.4, 0.5) is 4.79 Å². The van der Waals surface area contributed by atoms with Crippen LogP contribution in [0.15, 0.2) is 24.3 Å². The number of urea groups is 1. The van der Waals surface area contributed by atoms with Crippen molar-refractivity contribution < 1.29 is 17.9 Å². The van der Waals surface area contributed by atoms with E-state index in [1.54, 1.807) is 7.11 Å². The number of amides is 2. The lowest BCUT2D eigenvalue weighted by Crippen LogP contribution is -2.40. The third kappa shape index (κ3) is 4.86. The largest absolute Gasteiger partial charge is 0.496 e. The number of benzene rings is 1. The van der Waals surface area contributed by atoms with E-state index in [0.29, 0.717) is 13.0 Å². The molecular formula is C16H24N2O4S. The normalized spacial score (nSPS) is 20.7. The first-order valence-electron chi connectivity index (χ1n) is 7.83. The van der Waals surface area contributed by atoms with E-state index in [4.69, 9.17) is 4.74 Å². The zero-order chi connectivity index (χ0) is 16.9. The highest BCUT2D eigenvalue weighted by atomic mass is 32.2. The standard InChI is InChI=1S/C16H24N2O4S/c1-3-14(13-6-4-5-7-15(13)22-2)18-16(19)17-10-12-8-9-23(20,21)11-12/h4-7,12,14H,3,8-11H2,1-2H3,(H2,17,18,19)/t12-,14+/m0/s1. The van der Waals surface area contributed by atoms with E-state index in [1.807, 2.05) is 31.2 Å². The summed E-state index contributed by atoms with van der Waals surface area (Å²) in [5.74, 6) is 1.13. The van der Waals surface area contributed by atoms with Gasteiger partial charge in [0, 0.05) is 12.1 Å². The molecule has 2 atom stereocenters. The number of methoxy groups -OCH3 is 1. The van der Waals surface area contributed by atoms with Gasteiger partial charge in [0.2, 0.25) is 0 Å². The summed E-state index contributed by atoms with van der Waals surface area (Å²) in [5.41, 5.74) is 0.927. The van der Waals surface area contributed by atoms with Gasteiger partial charge >= 0.3 is 6.03 Å². The van der Waals surface area contributed by atoms with E-state index < -0.39 is 9.84 Å². The number of carbonyl (C=O) groups is 1. The Labute approximate surface area is 137 Å². The van der Waals surface area contributed by atoms with Crippen molar-refractivity contribution in [1.29, 1.82) is 0 Å². The minimum absolute atomic E-state index is 0.0112. The number of rotatable bonds is 6. The highest BCUT2D eigenvalue weighted by molar-refractivity contribution is 7.91. The molecule has 0 bridgehead atoms. The van der Waals surface area contributed by atoms with Gasteiger partial charge in [0.1, 0.15) is 5.75 Å². The number of ether oxygens (including phenoxy) is 1. The predicted octanol–water partition coefficient (Wildman–Crippen LogP) is 1.88. The average molecular weight is 340 g/mol. The maximum atomic E-state index is 12.1. The summed E-state index contributed by atoms with van der Waals surface area (Å²) in [6.07, 6.45) is 1.35. The summed E-state index contributed by atoms with van der Waals surface area (Å²) in [7, 11) is -1.31. The zero-order valence-corrected chi connectivity index (χ0v) is 14.4. The molecule has 128 valence electrons. The minimum atomic E-state index is -2.91. The third-order valence-corrected chi connectivity index (χ3v) is 5.94. The van der Waals surface area contributed by atoms with Gasteiger partial charge in [-0.2, -0.15) is 0 Å². The second-order valence-corrected chi connectivity index (χ2v) is 8.05. The van der Waals surface area contributed by atoms with Crippen LogP contribution in [-0.4, -0.2) is 39.6 Å². The van der Waals surface area contributed by atoms with Crippen molar-refractivity contribution in [1.82, 2.24) is 10.6 Å². The van der Waals surface area contributed by atoms with Crippen LogP contribution < -0.4 is 15.4 Å². The van der Waals surface area contributed by atoms with E-state index in [0.717, 1.165) is 17.7 Å². The molecule has 1 saturated heterocycles. The molecule has 1 fully saturated rings. The lowest BCUT2D eigenvalue weighted by Gasteiger charge is -2.20. The van der Waals surface area contributed by atoms with Gasteiger partial charge in [-0.25, -0.2) is 13.2 Å². The van der Waals surface area contributed by atoms with Gasteiger partial charge in [-0.1, -0.05) is 25.1 Å². The fourth-order valence-corrected chi connectivity index (χ4v) is 4.70. The number of carbonyl (C=O) groups excluding carboxylic acids is 1. The molecular weight excluding hydrogens is 316 g/mol. The molecule has 1 aromatic carbocycles. The van der Waals surface area contributed by atoms with E-state index in [-0.39, 0.29) is 29.5 Å². The minimum Gasteiger partial charge on any atom is -0.496 e. The van der Waals surface area contributed by atoms with E-state index >= 15 is 0 Å². The van der Waals surface area contributed by atoms with Crippen molar-refractivity contribution in [2.75, 3.05) is 25.2 Å². The Morgan fingerprint density at radius 2 is 2.13 bits per heavy atom. The third-order valence-electron chi connectivity index (χ3n) is 4.11. The first kappa shape index (κ1) is 17.6. The first-order chi connectivity index (χ1) is 10.9. The quantitative estimate of drug-likeness (QED) is 0.828. The molecule has 0 aromatic heterocycles. The van der Waals surface area contributed by atoms with Crippen LogP contribution in [0.25, 0.3) is 0 Å². The Hall–Kier alpha value is -1.76. The first-order valence-corrected chi connectivity index (χ1v) is 9.65. The monoisotopic (exact) mass is 340 g/mol. The zero-order valence-electron chi connectivity index (χ0n) is 13.5. The molecule has 1 aliphatic heterocycles. The predicted molar refractivity (Wildman–Crippen MR) is 89.3 cm³/mol. The van der Waals surface area contributed by atoms with Crippen LogP contribution in [0, 0.1) is 5.92 Å². The van der Waals surface area contributed by atoms with Crippen LogP contribution in [0.1, 0.15) is 31.4 Å². The highest BCUT2D eigenvalue weighted by Crippen LogP contribution is 2.26. The molecule has 1 heterocycles. The summed E-state index contributed by atoms with van der Waals surface area (Å²) in [6.45, 7) is 2.37. The van der Waals surface area contributed by atoms with Crippen LogP contribution in [0.5, 0.6) is 5.75 Å². The molecule has 0 radical (unpaired) electrons. The molecule has 7 heteroatoms. The van der Waals surface area contributed by atoms with Crippen molar-refractivity contribution in [2.24, 2.45) is 5.92 Å². The molecule has 0 unspecified atom stereocenters. The summed E-state index contributed by atoms with van der Waals surface area (Å²) in [5, 5.41) is 5.70. The van der Waals surface area contributed by atoms with Gasteiger partial charge < -0.3 is 15.4 Å². The Balaban J connectivity index is 1.90. The fraction of sp³-hybridized carbons (Fsp3) is 0.562. The summed E-state index contributed by atoms with van der Waals surface area (Å²) in [4.78, 5) is 12.1.